The van der Waals surface area contributed by atoms with Crippen LogP contribution in [0.25, 0.3) is 0 Å². The zero-order valence-electron chi connectivity index (χ0n) is 11.7. The molecule has 1 atom stereocenters. The van der Waals surface area contributed by atoms with Gasteiger partial charge in [-0.25, -0.2) is 12.7 Å². The van der Waals surface area contributed by atoms with Gasteiger partial charge in [0.15, 0.2) is 0 Å². The maximum Gasteiger partial charge on any atom is 0.239 e. The number of sulfonamides is 1. The van der Waals surface area contributed by atoms with Gasteiger partial charge in [-0.05, 0) is 12.3 Å². The lowest BCUT2D eigenvalue weighted by molar-refractivity contribution is -0.133. The second-order valence-electron chi connectivity index (χ2n) is 5.11. The van der Waals surface area contributed by atoms with Crippen molar-refractivity contribution < 1.29 is 13.2 Å². The molecule has 1 saturated heterocycles. The molecule has 0 aliphatic carbocycles. The first kappa shape index (κ1) is 18.6. The summed E-state index contributed by atoms with van der Waals surface area (Å²) in [4.78, 5) is 13.8. The number of amides is 1. The van der Waals surface area contributed by atoms with Crippen molar-refractivity contribution in [3.05, 3.63) is 0 Å². The first-order chi connectivity index (χ1) is 8.23. The van der Waals surface area contributed by atoms with E-state index in [2.05, 4.69) is 0 Å². The van der Waals surface area contributed by atoms with E-state index in [1.165, 1.54) is 10.6 Å². The normalized spacial score (nSPS) is 19.7. The Bertz CT molecular complexity index is 400. The largest absolute Gasteiger partial charge is 0.340 e. The van der Waals surface area contributed by atoms with Crippen LogP contribution in [0.3, 0.4) is 0 Å². The SMILES string of the molecule is CC(C)[C@H](N)C(=O)N1CCCN(S(C)(=O)=O)CC1.Cl. The summed E-state index contributed by atoms with van der Waals surface area (Å²) in [6.45, 7) is 5.64. The van der Waals surface area contributed by atoms with Crippen LogP contribution in [0.1, 0.15) is 20.3 Å². The number of hydrogen-bond acceptors (Lipinski definition) is 4. The molecule has 0 aromatic carbocycles. The summed E-state index contributed by atoms with van der Waals surface area (Å²) in [6, 6.07) is -0.505. The number of carbonyl (C=O) groups excluding carboxylic acids is 1. The molecule has 19 heavy (non-hydrogen) atoms. The Hall–Kier alpha value is -0.370. The molecule has 1 rings (SSSR count). The standard InChI is InChI=1S/C11H23N3O3S.ClH/c1-9(2)10(12)11(15)13-5-4-6-14(8-7-13)18(3,16)17;/h9-10H,4-8,12H2,1-3H3;1H/t10-;/m0./s1. The highest BCUT2D eigenvalue weighted by Gasteiger charge is 2.27. The smallest absolute Gasteiger partial charge is 0.239 e. The van der Waals surface area contributed by atoms with E-state index in [-0.39, 0.29) is 24.2 Å². The molecule has 0 aromatic heterocycles. The molecule has 0 bridgehead atoms. The van der Waals surface area contributed by atoms with Gasteiger partial charge in [0.1, 0.15) is 0 Å². The highest BCUT2D eigenvalue weighted by molar-refractivity contribution is 7.88. The Labute approximate surface area is 121 Å². The van der Waals surface area contributed by atoms with E-state index in [4.69, 9.17) is 5.73 Å². The minimum Gasteiger partial charge on any atom is -0.340 e. The average Bonchev–Trinajstić information content (AvgIpc) is 2.51. The summed E-state index contributed by atoms with van der Waals surface area (Å²) < 4.78 is 24.3. The Balaban J connectivity index is 0.00000324. The molecule has 2 N–H and O–H groups in total. The van der Waals surface area contributed by atoms with Crippen molar-refractivity contribution in [1.82, 2.24) is 9.21 Å². The van der Waals surface area contributed by atoms with Crippen molar-refractivity contribution in [3.8, 4) is 0 Å². The van der Waals surface area contributed by atoms with Gasteiger partial charge < -0.3 is 10.6 Å². The summed E-state index contributed by atoms with van der Waals surface area (Å²) in [5.41, 5.74) is 5.84. The van der Waals surface area contributed by atoms with Crippen LogP contribution < -0.4 is 5.73 Å². The topological polar surface area (TPSA) is 83.7 Å². The summed E-state index contributed by atoms with van der Waals surface area (Å²) in [6.07, 6.45) is 1.86. The molecule has 0 aromatic rings. The number of nitrogens with zero attached hydrogens (tertiary/aromatic N) is 2. The molecule has 1 amide bonds. The van der Waals surface area contributed by atoms with Crippen molar-refractivity contribution in [3.63, 3.8) is 0 Å². The number of nitrogens with two attached hydrogens (primary N) is 1. The molecule has 0 radical (unpaired) electrons. The van der Waals surface area contributed by atoms with Gasteiger partial charge in [-0.1, -0.05) is 13.8 Å². The molecular weight excluding hydrogens is 290 g/mol. The lowest BCUT2D eigenvalue weighted by Crippen LogP contribution is -2.47. The number of halogens is 1. The Morgan fingerprint density at radius 3 is 2.21 bits per heavy atom. The van der Waals surface area contributed by atoms with Crippen LogP contribution in [0.4, 0.5) is 0 Å². The van der Waals surface area contributed by atoms with E-state index in [1.54, 1.807) is 4.90 Å². The van der Waals surface area contributed by atoms with Gasteiger partial charge in [-0.2, -0.15) is 0 Å². The quantitative estimate of drug-likeness (QED) is 0.787. The highest BCUT2D eigenvalue weighted by atomic mass is 35.5. The highest BCUT2D eigenvalue weighted by Crippen LogP contribution is 2.10. The van der Waals surface area contributed by atoms with Gasteiger partial charge >= 0.3 is 0 Å². The minimum absolute atomic E-state index is 0. The summed E-state index contributed by atoms with van der Waals surface area (Å²) >= 11 is 0. The van der Waals surface area contributed by atoms with Crippen molar-refractivity contribution in [1.29, 1.82) is 0 Å². The fraction of sp³-hybridized carbons (Fsp3) is 0.909. The van der Waals surface area contributed by atoms with Gasteiger partial charge in [-0.3, -0.25) is 4.79 Å². The Morgan fingerprint density at radius 2 is 1.74 bits per heavy atom. The van der Waals surface area contributed by atoms with Crippen molar-refractivity contribution >= 4 is 28.3 Å². The lowest BCUT2D eigenvalue weighted by Gasteiger charge is -2.25. The van der Waals surface area contributed by atoms with E-state index in [0.29, 0.717) is 32.6 Å². The minimum atomic E-state index is -3.17. The lowest BCUT2D eigenvalue weighted by atomic mass is 10.0. The van der Waals surface area contributed by atoms with Crippen LogP contribution in [0, 0.1) is 5.92 Å². The molecule has 1 heterocycles. The van der Waals surface area contributed by atoms with Crippen molar-refractivity contribution in [2.75, 3.05) is 32.4 Å². The zero-order valence-corrected chi connectivity index (χ0v) is 13.3. The van der Waals surface area contributed by atoms with Crippen LogP contribution in [-0.2, 0) is 14.8 Å². The first-order valence-electron chi connectivity index (χ1n) is 6.23. The van der Waals surface area contributed by atoms with E-state index in [9.17, 15) is 13.2 Å². The number of rotatable bonds is 3. The molecule has 6 nitrogen and oxygen atoms in total. The third kappa shape index (κ3) is 5.25. The molecule has 1 fully saturated rings. The van der Waals surface area contributed by atoms with E-state index < -0.39 is 16.1 Å². The summed E-state index contributed by atoms with van der Waals surface area (Å²) in [7, 11) is -3.17. The van der Waals surface area contributed by atoms with Gasteiger partial charge in [0, 0.05) is 26.2 Å². The fourth-order valence-corrected chi connectivity index (χ4v) is 2.82. The van der Waals surface area contributed by atoms with Gasteiger partial charge in [0.2, 0.25) is 15.9 Å². The van der Waals surface area contributed by atoms with E-state index in [0.717, 1.165) is 0 Å². The van der Waals surface area contributed by atoms with Gasteiger partial charge in [0.25, 0.3) is 0 Å². The molecule has 0 unspecified atom stereocenters. The van der Waals surface area contributed by atoms with Crippen LogP contribution in [0.2, 0.25) is 0 Å². The molecule has 1 aliphatic heterocycles. The Morgan fingerprint density at radius 1 is 1.16 bits per heavy atom. The summed E-state index contributed by atoms with van der Waals surface area (Å²) in [5, 5.41) is 0. The molecular formula is C11H24ClN3O3S. The van der Waals surface area contributed by atoms with Crippen molar-refractivity contribution in [2.24, 2.45) is 11.7 Å². The maximum absolute atomic E-state index is 12.1. The molecule has 0 saturated carbocycles. The van der Waals surface area contributed by atoms with Crippen LogP contribution >= 0.6 is 12.4 Å². The van der Waals surface area contributed by atoms with Crippen LogP contribution in [-0.4, -0.2) is 62.0 Å². The predicted octanol–water partition coefficient (Wildman–Crippen LogP) is -0.115. The second kappa shape index (κ2) is 7.42. The average molecular weight is 314 g/mol. The van der Waals surface area contributed by atoms with Crippen LogP contribution in [0.15, 0.2) is 0 Å². The number of carbonyl (C=O) groups is 1. The molecule has 0 spiro atoms. The Kier molecular flexibility index (Phi) is 7.28. The first-order valence-corrected chi connectivity index (χ1v) is 8.08. The van der Waals surface area contributed by atoms with E-state index >= 15 is 0 Å². The third-order valence-corrected chi connectivity index (χ3v) is 4.54. The second-order valence-corrected chi connectivity index (χ2v) is 7.09. The van der Waals surface area contributed by atoms with E-state index in [1.807, 2.05) is 13.8 Å². The maximum atomic E-state index is 12.1. The fourth-order valence-electron chi connectivity index (χ4n) is 1.94. The van der Waals surface area contributed by atoms with Gasteiger partial charge in [-0.15, -0.1) is 12.4 Å². The summed E-state index contributed by atoms with van der Waals surface area (Å²) in [5.74, 6) is 0.00659. The monoisotopic (exact) mass is 313 g/mol. The predicted molar refractivity (Wildman–Crippen MR) is 77.7 cm³/mol. The zero-order chi connectivity index (χ0) is 13.9. The van der Waals surface area contributed by atoms with Crippen molar-refractivity contribution in [2.45, 2.75) is 26.3 Å². The van der Waals surface area contributed by atoms with Gasteiger partial charge in [0.05, 0.1) is 12.3 Å². The van der Waals surface area contributed by atoms with Crippen LogP contribution in [0.5, 0.6) is 0 Å². The number of hydrogen-bond donors (Lipinski definition) is 1. The molecule has 8 heteroatoms. The molecule has 1 aliphatic rings. The third-order valence-electron chi connectivity index (χ3n) is 3.24. The molecule has 114 valence electrons.